The Labute approximate surface area is 133 Å². The van der Waals surface area contributed by atoms with Crippen LogP contribution in [-0.4, -0.2) is 23.3 Å². The van der Waals surface area contributed by atoms with Crippen molar-refractivity contribution < 1.29 is 9.59 Å². The highest BCUT2D eigenvalue weighted by Crippen LogP contribution is 2.22. The third-order valence-electron chi connectivity index (χ3n) is 3.60. The number of amides is 2. The number of piperidine rings is 1. The van der Waals surface area contributed by atoms with E-state index in [9.17, 15) is 9.59 Å². The Bertz CT molecular complexity index is 694. The molecular formula is C16H17N3O2S. The third kappa shape index (κ3) is 3.17. The van der Waals surface area contributed by atoms with E-state index >= 15 is 0 Å². The van der Waals surface area contributed by atoms with Crippen LogP contribution in [0.3, 0.4) is 0 Å². The molecule has 1 saturated heterocycles. The molecule has 0 aliphatic carbocycles. The molecule has 1 aliphatic rings. The lowest BCUT2D eigenvalue weighted by atomic mass is 10.1. The lowest BCUT2D eigenvalue weighted by molar-refractivity contribution is -0.119. The standard InChI is InChI=1S/C16H17N3O2S/c1-11-10-22-16(17-11)18-15(21)12-5-7-13(8-6-12)19-9-3-2-4-14(19)20/h5-8,10H,2-4,9H2,1H3,(H,17,18,21). The van der Waals surface area contributed by atoms with E-state index in [0.717, 1.165) is 30.8 Å². The van der Waals surface area contributed by atoms with Gasteiger partial charge in [-0.2, -0.15) is 0 Å². The Hall–Kier alpha value is -2.21. The number of nitrogens with one attached hydrogen (secondary N) is 1. The molecular weight excluding hydrogens is 298 g/mol. The molecule has 0 radical (unpaired) electrons. The second kappa shape index (κ2) is 6.27. The molecule has 5 nitrogen and oxygen atoms in total. The van der Waals surface area contributed by atoms with E-state index in [0.29, 0.717) is 17.1 Å². The summed E-state index contributed by atoms with van der Waals surface area (Å²) in [5.41, 5.74) is 2.30. The van der Waals surface area contributed by atoms with Gasteiger partial charge in [-0.1, -0.05) is 0 Å². The summed E-state index contributed by atoms with van der Waals surface area (Å²) in [6.45, 7) is 2.64. The molecule has 0 spiro atoms. The predicted octanol–water partition coefficient (Wildman–Crippen LogP) is 3.22. The van der Waals surface area contributed by atoms with E-state index in [1.165, 1.54) is 11.3 Å². The number of aryl methyl sites for hydroxylation is 1. The van der Waals surface area contributed by atoms with E-state index in [2.05, 4.69) is 10.3 Å². The minimum atomic E-state index is -0.189. The van der Waals surface area contributed by atoms with Gasteiger partial charge in [0.05, 0.1) is 5.69 Å². The van der Waals surface area contributed by atoms with Gasteiger partial charge in [0.2, 0.25) is 5.91 Å². The van der Waals surface area contributed by atoms with Crippen LogP contribution in [0.5, 0.6) is 0 Å². The molecule has 2 heterocycles. The largest absolute Gasteiger partial charge is 0.312 e. The van der Waals surface area contributed by atoms with Crippen molar-refractivity contribution in [3.63, 3.8) is 0 Å². The maximum absolute atomic E-state index is 12.2. The number of aromatic nitrogens is 1. The molecule has 0 bridgehead atoms. The van der Waals surface area contributed by atoms with E-state index in [1.54, 1.807) is 17.0 Å². The highest BCUT2D eigenvalue weighted by molar-refractivity contribution is 7.13. The van der Waals surface area contributed by atoms with Crippen LogP contribution in [-0.2, 0) is 4.79 Å². The molecule has 0 unspecified atom stereocenters. The molecule has 2 aromatic rings. The van der Waals surface area contributed by atoms with Gasteiger partial charge in [-0.3, -0.25) is 14.9 Å². The van der Waals surface area contributed by atoms with Crippen LogP contribution in [0.15, 0.2) is 29.6 Å². The quantitative estimate of drug-likeness (QED) is 0.946. The second-order valence-corrected chi connectivity index (χ2v) is 6.16. The van der Waals surface area contributed by atoms with Gasteiger partial charge in [-0.15, -0.1) is 11.3 Å². The zero-order chi connectivity index (χ0) is 15.5. The first kappa shape index (κ1) is 14.7. The normalized spacial score (nSPS) is 15.0. The molecule has 2 amide bonds. The number of hydrogen-bond acceptors (Lipinski definition) is 4. The Morgan fingerprint density at radius 3 is 2.68 bits per heavy atom. The Balaban J connectivity index is 1.70. The van der Waals surface area contributed by atoms with Gasteiger partial charge < -0.3 is 4.90 Å². The van der Waals surface area contributed by atoms with Crippen molar-refractivity contribution in [1.29, 1.82) is 0 Å². The summed E-state index contributed by atoms with van der Waals surface area (Å²) in [4.78, 5) is 30.0. The molecule has 3 rings (SSSR count). The first-order valence-corrected chi connectivity index (χ1v) is 8.15. The highest BCUT2D eigenvalue weighted by Gasteiger charge is 2.19. The molecule has 6 heteroatoms. The smallest absolute Gasteiger partial charge is 0.257 e. The number of thiazole rings is 1. The van der Waals surface area contributed by atoms with Gasteiger partial charge in [0, 0.05) is 29.6 Å². The van der Waals surface area contributed by atoms with E-state index in [1.807, 2.05) is 24.4 Å². The molecule has 0 atom stereocenters. The molecule has 1 aromatic carbocycles. The number of carbonyl (C=O) groups is 2. The fourth-order valence-corrected chi connectivity index (χ4v) is 3.14. The van der Waals surface area contributed by atoms with Crippen LogP contribution in [0.25, 0.3) is 0 Å². The van der Waals surface area contributed by atoms with Crippen LogP contribution in [0, 0.1) is 6.92 Å². The van der Waals surface area contributed by atoms with Crippen molar-refractivity contribution in [1.82, 2.24) is 4.98 Å². The minimum absolute atomic E-state index is 0.154. The fourth-order valence-electron chi connectivity index (χ4n) is 2.45. The SMILES string of the molecule is Cc1csc(NC(=O)c2ccc(N3CCCCC3=O)cc2)n1. The Morgan fingerprint density at radius 2 is 2.05 bits per heavy atom. The topological polar surface area (TPSA) is 62.3 Å². The van der Waals surface area contributed by atoms with Gasteiger partial charge in [0.15, 0.2) is 5.13 Å². The maximum Gasteiger partial charge on any atom is 0.257 e. The van der Waals surface area contributed by atoms with Crippen LogP contribution < -0.4 is 10.2 Å². The monoisotopic (exact) mass is 315 g/mol. The zero-order valence-electron chi connectivity index (χ0n) is 12.3. The van der Waals surface area contributed by atoms with Crippen molar-refractivity contribution in [2.45, 2.75) is 26.2 Å². The van der Waals surface area contributed by atoms with Crippen molar-refractivity contribution in [3.8, 4) is 0 Å². The molecule has 1 N–H and O–H groups in total. The van der Waals surface area contributed by atoms with Crippen LogP contribution in [0.2, 0.25) is 0 Å². The van der Waals surface area contributed by atoms with Crippen molar-refractivity contribution >= 4 is 34.0 Å². The zero-order valence-corrected chi connectivity index (χ0v) is 13.2. The van der Waals surface area contributed by atoms with Crippen molar-refractivity contribution in [3.05, 3.63) is 40.9 Å². The number of hydrogen-bond donors (Lipinski definition) is 1. The summed E-state index contributed by atoms with van der Waals surface area (Å²) in [6, 6.07) is 7.14. The second-order valence-electron chi connectivity index (χ2n) is 5.30. The number of nitrogens with zero attached hydrogens (tertiary/aromatic N) is 2. The summed E-state index contributed by atoms with van der Waals surface area (Å²) in [5, 5.41) is 5.26. The first-order chi connectivity index (χ1) is 10.6. The van der Waals surface area contributed by atoms with E-state index in [4.69, 9.17) is 0 Å². The van der Waals surface area contributed by atoms with Gasteiger partial charge >= 0.3 is 0 Å². The van der Waals surface area contributed by atoms with Gasteiger partial charge in [0.25, 0.3) is 5.91 Å². The highest BCUT2D eigenvalue weighted by atomic mass is 32.1. The molecule has 1 fully saturated rings. The van der Waals surface area contributed by atoms with Crippen LogP contribution in [0.4, 0.5) is 10.8 Å². The van der Waals surface area contributed by atoms with Crippen molar-refractivity contribution in [2.24, 2.45) is 0 Å². The van der Waals surface area contributed by atoms with Gasteiger partial charge in [-0.05, 0) is 44.0 Å². The molecule has 1 aromatic heterocycles. The maximum atomic E-state index is 12.2. The number of benzene rings is 1. The Morgan fingerprint density at radius 1 is 1.27 bits per heavy atom. The summed E-state index contributed by atoms with van der Waals surface area (Å²) in [5.74, 6) is -0.0346. The molecule has 22 heavy (non-hydrogen) atoms. The van der Waals surface area contributed by atoms with Gasteiger partial charge in [0.1, 0.15) is 0 Å². The Kier molecular flexibility index (Phi) is 4.20. The third-order valence-corrected chi connectivity index (χ3v) is 4.48. The molecule has 114 valence electrons. The summed E-state index contributed by atoms with van der Waals surface area (Å²) >= 11 is 1.40. The van der Waals surface area contributed by atoms with Crippen LogP contribution in [0.1, 0.15) is 35.3 Å². The summed E-state index contributed by atoms with van der Waals surface area (Å²) in [6.07, 6.45) is 2.59. The van der Waals surface area contributed by atoms with Crippen molar-refractivity contribution in [2.75, 3.05) is 16.8 Å². The summed E-state index contributed by atoms with van der Waals surface area (Å²) < 4.78 is 0. The predicted molar refractivity (Wildman–Crippen MR) is 87.5 cm³/mol. The lowest BCUT2D eigenvalue weighted by Gasteiger charge is -2.26. The lowest BCUT2D eigenvalue weighted by Crippen LogP contribution is -2.35. The van der Waals surface area contributed by atoms with E-state index < -0.39 is 0 Å². The number of rotatable bonds is 3. The van der Waals surface area contributed by atoms with E-state index in [-0.39, 0.29) is 11.8 Å². The van der Waals surface area contributed by atoms with Gasteiger partial charge in [-0.25, -0.2) is 4.98 Å². The molecule has 1 aliphatic heterocycles. The number of carbonyl (C=O) groups excluding carboxylic acids is 2. The fraction of sp³-hybridized carbons (Fsp3) is 0.312. The average Bonchev–Trinajstić information content (AvgIpc) is 2.93. The minimum Gasteiger partial charge on any atom is -0.312 e. The average molecular weight is 315 g/mol. The van der Waals surface area contributed by atoms with Crippen LogP contribution >= 0.6 is 11.3 Å². The summed E-state index contributed by atoms with van der Waals surface area (Å²) in [7, 11) is 0. The first-order valence-electron chi connectivity index (χ1n) is 7.27. The number of anilines is 2. The molecule has 0 saturated carbocycles.